The van der Waals surface area contributed by atoms with Gasteiger partial charge in [-0.15, -0.1) is 0 Å². The fraction of sp³-hybridized carbons (Fsp3) is 0.458. The molecule has 2 aromatic rings. The fourth-order valence-electron chi connectivity index (χ4n) is 3.61. The van der Waals surface area contributed by atoms with Crippen LogP contribution in [0.1, 0.15) is 18.1 Å². The molecule has 1 amide bonds. The predicted molar refractivity (Wildman–Crippen MR) is 121 cm³/mol. The van der Waals surface area contributed by atoms with Crippen LogP contribution in [-0.2, 0) is 4.79 Å². The number of anilines is 1. The van der Waals surface area contributed by atoms with Gasteiger partial charge in [-0.25, -0.2) is 0 Å². The highest BCUT2D eigenvalue weighted by atomic mass is 16.5. The van der Waals surface area contributed by atoms with Gasteiger partial charge in [0, 0.05) is 38.4 Å². The molecule has 1 atom stereocenters. The Kier molecular flexibility index (Phi) is 7.71. The average molecular weight is 412 g/mol. The highest BCUT2D eigenvalue weighted by Gasteiger charge is 2.25. The van der Waals surface area contributed by atoms with Crippen LogP contribution in [0.5, 0.6) is 11.5 Å². The van der Waals surface area contributed by atoms with Gasteiger partial charge in [-0.3, -0.25) is 14.6 Å². The molecule has 6 nitrogen and oxygen atoms in total. The number of methoxy groups -OCH3 is 1. The molecule has 162 valence electrons. The maximum Gasteiger partial charge on any atom is 0.241 e. The van der Waals surface area contributed by atoms with Crippen molar-refractivity contribution in [2.75, 3.05) is 51.8 Å². The number of hydrogen-bond donors (Lipinski definition) is 1. The molecule has 1 heterocycles. The van der Waals surface area contributed by atoms with E-state index in [4.69, 9.17) is 9.47 Å². The van der Waals surface area contributed by atoms with Crippen LogP contribution in [0.25, 0.3) is 0 Å². The Morgan fingerprint density at radius 1 is 1.03 bits per heavy atom. The smallest absolute Gasteiger partial charge is 0.241 e. The second-order valence-corrected chi connectivity index (χ2v) is 7.89. The van der Waals surface area contributed by atoms with Crippen molar-refractivity contribution in [2.45, 2.75) is 26.8 Å². The van der Waals surface area contributed by atoms with E-state index >= 15 is 0 Å². The molecule has 1 saturated heterocycles. The number of aryl methyl sites for hydroxylation is 2. The molecule has 2 aromatic carbocycles. The molecule has 0 bridgehead atoms. The Bertz CT molecular complexity index is 830. The lowest BCUT2D eigenvalue weighted by molar-refractivity contribution is -0.121. The standard InChI is InChI=1S/C24H33N3O3/c1-18-5-6-19(2)23(17-18)25-24(28)20(3)27-13-11-26(12-14-27)15-16-30-22-9-7-21(29-4)8-10-22/h5-10,17,20H,11-16H2,1-4H3,(H,25,28)/t20-/m1/s1. The minimum absolute atomic E-state index is 0.0555. The molecule has 0 aromatic heterocycles. The maximum absolute atomic E-state index is 12.7. The van der Waals surface area contributed by atoms with Crippen LogP contribution in [0.15, 0.2) is 42.5 Å². The first-order valence-electron chi connectivity index (χ1n) is 10.6. The third-order valence-electron chi connectivity index (χ3n) is 5.72. The molecule has 1 aliphatic rings. The summed E-state index contributed by atoms with van der Waals surface area (Å²) in [4.78, 5) is 17.4. The topological polar surface area (TPSA) is 54.0 Å². The molecule has 0 saturated carbocycles. The molecule has 1 aliphatic heterocycles. The largest absolute Gasteiger partial charge is 0.497 e. The first-order valence-corrected chi connectivity index (χ1v) is 10.6. The van der Waals surface area contributed by atoms with E-state index in [1.54, 1.807) is 7.11 Å². The van der Waals surface area contributed by atoms with Crippen LogP contribution in [0.3, 0.4) is 0 Å². The zero-order valence-corrected chi connectivity index (χ0v) is 18.5. The Hall–Kier alpha value is -2.57. The molecule has 0 aliphatic carbocycles. The normalized spacial score (nSPS) is 16.1. The first kappa shape index (κ1) is 22.1. The summed E-state index contributed by atoms with van der Waals surface area (Å²) in [7, 11) is 1.66. The Balaban J connectivity index is 1.40. The number of piperazine rings is 1. The Morgan fingerprint density at radius 2 is 1.70 bits per heavy atom. The molecule has 30 heavy (non-hydrogen) atoms. The van der Waals surface area contributed by atoms with Gasteiger partial charge in [0.05, 0.1) is 13.2 Å². The molecular formula is C24H33N3O3. The lowest BCUT2D eigenvalue weighted by Gasteiger charge is -2.37. The van der Waals surface area contributed by atoms with E-state index in [9.17, 15) is 4.79 Å². The second kappa shape index (κ2) is 10.5. The van der Waals surface area contributed by atoms with Crippen LogP contribution in [0.2, 0.25) is 0 Å². The van der Waals surface area contributed by atoms with Gasteiger partial charge in [-0.1, -0.05) is 12.1 Å². The molecular weight excluding hydrogens is 378 g/mol. The molecule has 3 rings (SSSR count). The second-order valence-electron chi connectivity index (χ2n) is 7.89. The number of hydrogen-bond acceptors (Lipinski definition) is 5. The summed E-state index contributed by atoms with van der Waals surface area (Å²) in [5.41, 5.74) is 3.14. The number of ether oxygens (including phenoxy) is 2. The van der Waals surface area contributed by atoms with E-state index in [-0.39, 0.29) is 11.9 Å². The average Bonchev–Trinajstić information content (AvgIpc) is 2.76. The lowest BCUT2D eigenvalue weighted by Crippen LogP contribution is -2.53. The maximum atomic E-state index is 12.7. The zero-order chi connectivity index (χ0) is 21.5. The lowest BCUT2D eigenvalue weighted by atomic mass is 10.1. The summed E-state index contributed by atoms with van der Waals surface area (Å²) in [5, 5.41) is 3.10. The summed E-state index contributed by atoms with van der Waals surface area (Å²) in [6, 6.07) is 13.6. The molecule has 0 spiro atoms. The zero-order valence-electron chi connectivity index (χ0n) is 18.5. The van der Waals surface area contributed by atoms with Gasteiger partial charge in [-0.05, 0) is 62.2 Å². The molecule has 0 radical (unpaired) electrons. The van der Waals surface area contributed by atoms with Crippen LogP contribution in [0, 0.1) is 13.8 Å². The van der Waals surface area contributed by atoms with E-state index in [0.29, 0.717) is 6.61 Å². The summed E-state index contributed by atoms with van der Waals surface area (Å²) in [6.45, 7) is 11.2. The summed E-state index contributed by atoms with van der Waals surface area (Å²) < 4.78 is 11.0. The van der Waals surface area contributed by atoms with Crippen LogP contribution in [-0.4, -0.2) is 68.2 Å². The van der Waals surface area contributed by atoms with Crippen molar-refractivity contribution in [3.63, 3.8) is 0 Å². The summed E-state index contributed by atoms with van der Waals surface area (Å²) >= 11 is 0. The van der Waals surface area contributed by atoms with Gasteiger partial charge in [0.1, 0.15) is 18.1 Å². The quantitative estimate of drug-likeness (QED) is 0.722. The van der Waals surface area contributed by atoms with Crippen molar-refractivity contribution in [2.24, 2.45) is 0 Å². The number of nitrogens with zero attached hydrogens (tertiary/aromatic N) is 2. The number of nitrogens with one attached hydrogen (secondary N) is 1. The van der Waals surface area contributed by atoms with E-state index < -0.39 is 0 Å². The van der Waals surface area contributed by atoms with Crippen LogP contribution >= 0.6 is 0 Å². The van der Waals surface area contributed by atoms with E-state index in [0.717, 1.165) is 61.0 Å². The van der Waals surface area contributed by atoms with Crippen molar-refractivity contribution in [1.82, 2.24) is 9.80 Å². The number of carbonyl (C=O) groups is 1. The SMILES string of the molecule is COc1ccc(OCCN2CCN([C@H](C)C(=O)Nc3cc(C)ccc3C)CC2)cc1. The fourth-order valence-corrected chi connectivity index (χ4v) is 3.61. The minimum Gasteiger partial charge on any atom is -0.497 e. The number of rotatable bonds is 8. The van der Waals surface area contributed by atoms with Crippen LogP contribution in [0.4, 0.5) is 5.69 Å². The summed E-state index contributed by atoms with van der Waals surface area (Å²) in [6.07, 6.45) is 0. The molecule has 1 N–H and O–H groups in total. The highest BCUT2D eigenvalue weighted by molar-refractivity contribution is 5.95. The third-order valence-corrected chi connectivity index (χ3v) is 5.72. The van der Waals surface area contributed by atoms with Gasteiger partial charge in [-0.2, -0.15) is 0 Å². The van der Waals surface area contributed by atoms with Crippen molar-refractivity contribution < 1.29 is 14.3 Å². The predicted octanol–water partition coefficient (Wildman–Crippen LogP) is 3.34. The van der Waals surface area contributed by atoms with Crippen molar-refractivity contribution >= 4 is 11.6 Å². The van der Waals surface area contributed by atoms with Crippen molar-refractivity contribution in [3.05, 3.63) is 53.6 Å². The first-order chi connectivity index (χ1) is 14.5. The highest BCUT2D eigenvalue weighted by Crippen LogP contribution is 2.18. The van der Waals surface area contributed by atoms with Gasteiger partial charge >= 0.3 is 0 Å². The Labute approximate surface area is 179 Å². The molecule has 1 fully saturated rings. The summed E-state index contributed by atoms with van der Waals surface area (Å²) in [5.74, 6) is 1.74. The van der Waals surface area contributed by atoms with E-state index in [1.165, 1.54) is 0 Å². The number of benzene rings is 2. The van der Waals surface area contributed by atoms with Crippen LogP contribution < -0.4 is 14.8 Å². The monoisotopic (exact) mass is 411 g/mol. The van der Waals surface area contributed by atoms with E-state index in [1.807, 2.05) is 57.2 Å². The molecule has 0 unspecified atom stereocenters. The van der Waals surface area contributed by atoms with Gasteiger partial charge in [0.2, 0.25) is 5.91 Å². The number of amides is 1. The van der Waals surface area contributed by atoms with Gasteiger partial charge < -0.3 is 14.8 Å². The van der Waals surface area contributed by atoms with Crippen molar-refractivity contribution in [1.29, 1.82) is 0 Å². The third kappa shape index (κ3) is 5.97. The molecule has 6 heteroatoms. The number of carbonyl (C=O) groups excluding carboxylic acids is 1. The Morgan fingerprint density at radius 3 is 2.37 bits per heavy atom. The van der Waals surface area contributed by atoms with E-state index in [2.05, 4.69) is 21.2 Å². The van der Waals surface area contributed by atoms with Gasteiger partial charge in [0.15, 0.2) is 0 Å². The minimum atomic E-state index is -0.150. The van der Waals surface area contributed by atoms with Crippen molar-refractivity contribution in [3.8, 4) is 11.5 Å². The van der Waals surface area contributed by atoms with Gasteiger partial charge in [0.25, 0.3) is 0 Å².